The van der Waals surface area contributed by atoms with E-state index in [9.17, 15) is 4.79 Å². The molecule has 3 nitrogen and oxygen atoms in total. The van der Waals surface area contributed by atoms with E-state index in [1.165, 1.54) is 18.5 Å². The molecule has 2 heterocycles. The Kier molecular flexibility index (Phi) is 2.86. The van der Waals surface area contributed by atoms with Gasteiger partial charge < -0.3 is 4.98 Å². The predicted molar refractivity (Wildman–Crippen MR) is 43.4 cm³/mol. The van der Waals surface area contributed by atoms with Gasteiger partial charge in [-0.3, -0.25) is 9.79 Å². The molecule has 1 aromatic heterocycles. The molecule has 1 N–H and O–H groups in total. The summed E-state index contributed by atoms with van der Waals surface area (Å²) in [5, 5.41) is 0. The zero-order valence-electron chi connectivity index (χ0n) is 5.90. The summed E-state index contributed by atoms with van der Waals surface area (Å²) in [6.45, 7) is 0. The minimum Gasteiger partial charge on any atom is -0.368 e. The quantitative estimate of drug-likeness (QED) is 0.589. The van der Waals surface area contributed by atoms with Crippen LogP contribution in [-0.4, -0.2) is 17.0 Å². The summed E-state index contributed by atoms with van der Waals surface area (Å²) in [7, 11) is 0. The summed E-state index contributed by atoms with van der Waals surface area (Å²) in [5.41, 5.74) is 0. The Morgan fingerprint density at radius 2 is 2.00 bits per heavy atom. The van der Waals surface area contributed by atoms with Gasteiger partial charge in [-0.2, -0.15) is 0 Å². The number of carbonyl (C=O) groups excluding carboxylic acids is 1. The summed E-state index contributed by atoms with van der Waals surface area (Å²) >= 11 is 0. The number of rotatable bonds is 0. The van der Waals surface area contributed by atoms with Crippen molar-refractivity contribution >= 4 is 12.0 Å². The summed E-state index contributed by atoms with van der Waals surface area (Å²) in [6.07, 6.45) is 7.92. The van der Waals surface area contributed by atoms with Crippen molar-refractivity contribution in [3.63, 3.8) is 0 Å². The lowest BCUT2D eigenvalue weighted by Gasteiger charge is -1.59. The first-order valence-electron chi connectivity index (χ1n) is 3.21. The lowest BCUT2D eigenvalue weighted by Crippen LogP contribution is -1.84. The fraction of sp³-hybridized carbons (Fsp3) is 0. The molecule has 1 aromatic rings. The molecule has 2 rings (SSSR count). The molecule has 0 saturated heterocycles. The number of allylic oxidation sites excluding steroid dienone is 1. The second-order valence-electron chi connectivity index (χ2n) is 1.88. The number of aromatic nitrogens is 1. The van der Waals surface area contributed by atoms with E-state index >= 15 is 0 Å². The first-order chi connectivity index (χ1) is 5.39. The molecule has 0 unspecified atom stereocenters. The van der Waals surface area contributed by atoms with E-state index in [2.05, 4.69) is 9.98 Å². The van der Waals surface area contributed by atoms with Gasteiger partial charge >= 0.3 is 0 Å². The molecule has 56 valence electrons. The van der Waals surface area contributed by atoms with Crippen molar-refractivity contribution in [2.45, 2.75) is 0 Å². The molecule has 0 amide bonds. The van der Waals surface area contributed by atoms with Crippen molar-refractivity contribution in [1.82, 2.24) is 4.98 Å². The number of carbonyl (C=O) groups is 1. The average Bonchev–Trinajstić information content (AvgIpc) is 2.57. The number of ketones is 1. The van der Waals surface area contributed by atoms with E-state index < -0.39 is 0 Å². The zero-order valence-corrected chi connectivity index (χ0v) is 5.90. The van der Waals surface area contributed by atoms with Crippen LogP contribution in [0.2, 0.25) is 0 Å². The Balaban J connectivity index is 0.000000112. The van der Waals surface area contributed by atoms with Gasteiger partial charge in [0.1, 0.15) is 0 Å². The van der Waals surface area contributed by atoms with E-state index in [1.807, 2.05) is 24.5 Å². The lowest BCUT2D eigenvalue weighted by molar-refractivity contribution is -0.108. The van der Waals surface area contributed by atoms with Crippen molar-refractivity contribution in [2.75, 3.05) is 0 Å². The summed E-state index contributed by atoms with van der Waals surface area (Å²) in [6, 6.07) is 3.89. The summed E-state index contributed by atoms with van der Waals surface area (Å²) < 4.78 is 0. The Morgan fingerprint density at radius 1 is 1.27 bits per heavy atom. The molecule has 0 atom stereocenters. The smallest absolute Gasteiger partial charge is 0.198 e. The standard InChI is InChI=1S/C4H3NO.C4H5N/c6-4-1-2-5-3-4;1-2-4-5-3-1/h1-3H;1-5H. The number of hydrogen-bond acceptors (Lipinski definition) is 2. The number of hydrogen-bond donors (Lipinski definition) is 1. The van der Waals surface area contributed by atoms with Crippen LogP contribution in [0.5, 0.6) is 0 Å². The molecule has 11 heavy (non-hydrogen) atoms. The van der Waals surface area contributed by atoms with Gasteiger partial charge in [0.25, 0.3) is 0 Å². The average molecular weight is 148 g/mol. The second-order valence-corrected chi connectivity index (χ2v) is 1.88. The van der Waals surface area contributed by atoms with E-state index in [0.717, 1.165) is 0 Å². The highest BCUT2D eigenvalue weighted by Gasteiger charge is 1.90. The van der Waals surface area contributed by atoms with Gasteiger partial charge in [-0.25, -0.2) is 0 Å². The Labute approximate surface area is 64.5 Å². The van der Waals surface area contributed by atoms with Crippen LogP contribution in [0.3, 0.4) is 0 Å². The fourth-order valence-electron chi connectivity index (χ4n) is 0.554. The SMILES string of the molecule is O=C1C=CN=C1.c1cc[nH]c1. The topological polar surface area (TPSA) is 45.2 Å². The third kappa shape index (κ3) is 3.15. The maximum absolute atomic E-state index is 10.0. The Morgan fingerprint density at radius 3 is 2.18 bits per heavy atom. The molecular formula is C8H8N2O. The molecule has 0 aromatic carbocycles. The first kappa shape index (κ1) is 7.47. The van der Waals surface area contributed by atoms with Gasteiger partial charge in [-0.1, -0.05) is 0 Å². The van der Waals surface area contributed by atoms with Crippen LogP contribution in [0.15, 0.2) is 41.8 Å². The number of nitrogens with zero attached hydrogens (tertiary/aromatic N) is 1. The highest BCUT2D eigenvalue weighted by atomic mass is 16.1. The maximum atomic E-state index is 10.0. The van der Waals surface area contributed by atoms with Crippen molar-refractivity contribution < 1.29 is 4.79 Å². The predicted octanol–water partition coefficient (Wildman–Crippen LogP) is 1.17. The number of H-pyrrole nitrogens is 1. The van der Waals surface area contributed by atoms with Crippen molar-refractivity contribution in [2.24, 2.45) is 4.99 Å². The number of aliphatic imine (C=N–C) groups is 1. The van der Waals surface area contributed by atoms with Crippen LogP contribution in [0.4, 0.5) is 0 Å². The minimum absolute atomic E-state index is 0.0185. The van der Waals surface area contributed by atoms with E-state index in [-0.39, 0.29) is 5.78 Å². The maximum Gasteiger partial charge on any atom is 0.198 e. The number of aromatic amines is 1. The molecule has 0 radical (unpaired) electrons. The van der Waals surface area contributed by atoms with Crippen molar-refractivity contribution in [1.29, 1.82) is 0 Å². The molecular weight excluding hydrogens is 140 g/mol. The van der Waals surface area contributed by atoms with Crippen LogP contribution in [-0.2, 0) is 4.79 Å². The van der Waals surface area contributed by atoms with E-state index in [1.54, 1.807) is 0 Å². The lowest BCUT2D eigenvalue weighted by atomic mass is 10.5. The van der Waals surface area contributed by atoms with Crippen molar-refractivity contribution in [3.05, 3.63) is 36.8 Å². The molecule has 0 fully saturated rings. The third-order valence-corrected chi connectivity index (χ3v) is 1.02. The second kappa shape index (κ2) is 4.22. The summed E-state index contributed by atoms with van der Waals surface area (Å²) in [4.78, 5) is 16.4. The highest BCUT2D eigenvalue weighted by Crippen LogP contribution is 1.82. The zero-order chi connectivity index (χ0) is 7.94. The minimum atomic E-state index is -0.0185. The molecule has 0 saturated carbocycles. The van der Waals surface area contributed by atoms with Crippen LogP contribution in [0.1, 0.15) is 0 Å². The van der Waals surface area contributed by atoms with Crippen molar-refractivity contribution in [3.8, 4) is 0 Å². The van der Waals surface area contributed by atoms with Crippen LogP contribution >= 0.6 is 0 Å². The first-order valence-corrected chi connectivity index (χ1v) is 3.21. The van der Waals surface area contributed by atoms with E-state index in [4.69, 9.17) is 0 Å². The van der Waals surface area contributed by atoms with Crippen LogP contribution < -0.4 is 0 Å². The molecule has 3 heteroatoms. The third-order valence-electron chi connectivity index (χ3n) is 1.02. The highest BCUT2D eigenvalue weighted by molar-refractivity contribution is 6.34. The fourth-order valence-corrected chi connectivity index (χ4v) is 0.554. The molecule has 1 aliphatic heterocycles. The van der Waals surface area contributed by atoms with Gasteiger partial charge in [0.05, 0.1) is 6.21 Å². The van der Waals surface area contributed by atoms with Gasteiger partial charge in [-0.05, 0) is 12.1 Å². The van der Waals surface area contributed by atoms with Crippen LogP contribution in [0.25, 0.3) is 0 Å². The van der Waals surface area contributed by atoms with Crippen LogP contribution in [0, 0.1) is 0 Å². The largest absolute Gasteiger partial charge is 0.368 e. The van der Waals surface area contributed by atoms with Gasteiger partial charge in [0, 0.05) is 24.7 Å². The Bertz CT molecular complexity index is 228. The molecule has 0 bridgehead atoms. The van der Waals surface area contributed by atoms with Gasteiger partial charge in [0.2, 0.25) is 0 Å². The molecule has 1 aliphatic rings. The number of nitrogens with one attached hydrogen (secondary N) is 1. The molecule has 0 spiro atoms. The Hall–Kier alpha value is -1.64. The van der Waals surface area contributed by atoms with E-state index in [0.29, 0.717) is 0 Å². The van der Waals surface area contributed by atoms with Gasteiger partial charge in [-0.15, -0.1) is 0 Å². The molecule has 0 aliphatic carbocycles. The monoisotopic (exact) mass is 148 g/mol. The van der Waals surface area contributed by atoms with Gasteiger partial charge in [0.15, 0.2) is 5.78 Å². The normalized spacial score (nSPS) is 12.9. The summed E-state index contributed by atoms with van der Waals surface area (Å²) in [5.74, 6) is -0.0185.